The van der Waals surface area contributed by atoms with Gasteiger partial charge in [-0.2, -0.15) is 8.42 Å². The standard InChI is InChI=1S/C10H10N2O4S/c13-10(14)5-6-12-7-11-17(15,16)9-4-2-1-3-8(9)12/h1-4,7H,5-6H2,(H,13,14). The molecule has 17 heavy (non-hydrogen) atoms. The van der Waals surface area contributed by atoms with Crippen LogP contribution < -0.4 is 4.90 Å². The van der Waals surface area contributed by atoms with Crippen LogP contribution in [0.4, 0.5) is 5.69 Å². The predicted molar refractivity (Wildman–Crippen MR) is 61.7 cm³/mol. The van der Waals surface area contributed by atoms with Crippen LogP contribution in [0.15, 0.2) is 33.6 Å². The summed E-state index contributed by atoms with van der Waals surface area (Å²) in [6.45, 7) is 0.186. The molecule has 6 nitrogen and oxygen atoms in total. The minimum atomic E-state index is -3.63. The van der Waals surface area contributed by atoms with Gasteiger partial charge in [0.05, 0.1) is 12.1 Å². The molecule has 2 rings (SSSR count). The number of fused-ring (bicyclic) bond motifs is 1. The fraction of sp³-hybridized carbons (Fsp3) is 0.200. The monoisotopic (exact) mass is 254 g/mol. The van der Waals surface area contributed by atoms with E-state index in [1.54, 1.807) is 18.2 Å². The van der Waals surface area contributed by atoms with Crippen molar-refractivity contribution in [2.45, 2.75) is 11.3 Å². The first-order valence-electron chi connectivity index (χ1n) is 4.88. The van der Waals surface area contributed by atoms with Crippen LogP contribution in [0.25, 0.3) is 0 Å². The van der Waals surface area contributed by atoms with Gasteiger partial charge >= 0.3 is 5.97 Å². The highest BCUT2D eigenvalue weighted by atomic mass is 32.2. The number of carboxylic acids is 1. The van der Waals surface area contributed by atoms with Crippen LogP contribution >= 0.6 is 0 Å². The Morgan fingerprint density at radius 2 is 2.06 bits per heavy atom. The molecule has 0 aromatic heterocycles. The second-order valence-electron chi connectivity index (χ2n) is 3.50. The SMILES string of the molecule is O=C(O)CCN1C=NS(=O)(=O)c2ccccc21. The Morgan fingerprint density at radius 1 is 1.35 bits per heavy atom. The van der Waals surface area contributed by atoms with Crippen molar-refractivity contribution in [3.05, 3.63) is 24.3 Å². The Balaban J connectivity index is 2.37. The van der Waals surface area contributed by atoms with Crippen LogP contribution in [0.2, 0.25) is 0 Å². The molecule has 0 saturated heterocycles. The van der Waals surface area contributed by atoms with Crippen molar-refractivity contribution >= 4 is 28.0 Å². The first kappa shape index (κ1) is 11.6. The van der Waals surface area contributed by atoms with E-state index >= 15 is 0 Å². The number of rotatable bonds is 3. The van der Waals surface area contributed by atoms with E-state index in [9.17, 15) is 13.2 Å². The first-order valence-corrected chi connectivity index (χ1v) is 6.32. The van der Waals surface area contributed by atoms with Crippen molar-refractivity contribution < 1.29 is 18.3 Å². The molecular weight excluding hydrogens is 244 g/mol. The summed E-state index contributed by atoms with van der Waals surface area (Å²) in [5.41, 5.74) is 0.462. The molecule has 1 aliphatic heterocycles. The van der Waals surface area contributed by atoms with Crippen LogP contribution in [0.5, 0.6) is 0 Å². The molecule has 1 N–H and O–H groups in total. The van der Waals surface area contributed by atoms with Crippen molar-refractivity contribution in [2.75, 3.05) is 11.4 Å². The topological polar surface area (TPSA) is 87.0 Å². The Hall–Kier alpha value is -1.89. The quantitative estimate of drug-likeness (QED) is 0.857. The summed E-state index contributed by atoms with van der Waals surface area (Å²) in [4.78, 5) is 12.1. The molecule has 0 atom stereocenters. The number of para-hydroxylation sites is 1. The van der Waals surface area contributed by atoms with E-state index in [2.05, 4.69) is 4.40 Å². The van der Waals surface area contributed by atoms with Gasteiger partial charge in [0.15, 0.2) is 0 Å². The average Bonchev–Trinajstić information content (AvgIpc) is 2.28. The smallest absolute Gasteiger partial charge is 0.305 e. The molecule has 1 aromatic rings. The molecule has 0 bridgehead atoms. The summed E-state index contributed by atoms with van der Waals surface area (Å²) >= 11 is 0. The molecule has 0 spiro atoms. The number of nitrogens with zero attached hydrogens (tertiary/aromatic N) is 2. The van der Waals surface area contributed by atoms with Gasteiger partial charge in [0.1, 0.15) is 11.2 Å². The minimum absolute atomic E-state index is 0.0829. The van der Waals surface area contributed by atoms with Crippen LogP contribution in [0, 0.1) is 0 Å². The average molecular weight is 254 g/mol. The number of hydrogen-bond acceptors (Lipinski definition) is 4. The zero-order valence-electron chi connectivity index (χ0n) is 8.78. The van der Waals surface area contributed by atoms with E-state index < -0.39 is 16.0 Å². The van der Waals surface area contributed by atoms with Gasteiger partial charge in [-0.05, 0) is 12.1 Å². The number of carboxylic acid groups (broad SMARTS) is 1. The van der Waals surface area contributed by atoms with Gasteiger partial charge in [0.25, 0.3) is 10.0 Å². The molecule has 0 radical (unpaired) electrons. The van der Waals surface area contributed by atoms with Crippen LogP contribution in [-0.2, 0) is 14.8 Å². The number of aliphatic carboxylic acids is 1. The molecule has 1 aromatic carbocycles. The maximum absolute atomic E-state index is 11.6. The molecule has 0 saturated carbocycles. The molecule has 90 valence electrons. The second kappa shape index (κ2) is 4.17. The number of anilines is 1. The van der Waals surface area contributed by atoms with Gasteiger partial charge in [-0.15, -0.1) is 4.40 Å². The number of benzene rings is 1. The summed E-state index contributed by atoms with van der Waals surface area (Å²) in [6, 6.07) is 6.38. The van der Waals surface area contributed by atoms with Crippen LogP contribution in [0.3, 0.4) is 0 Å². The van der Waals surface area contributed by atoms with Gasteiger partial charge in [-0.25, -0.2) is 0 Å². The third-order valence-corrected chi connectivity index (χ3v) is 3.62. The van der Waals surface area contributed by atoms with Gasteiger partial charge in [-0.1, -0.05) is 12.1 Å². The lowest BCUT2D eigenvalue weighted by Gasteiger charge is -2.24. The van der Waals surface area contributed by atoms with Crippen molar-refractivity contribution in [2.24, 2.45) is 4.40 Å². The van der Waals surface area contributed by atoms with Gasteiger partial charge in [0, 0.05) is 6.54 Å². The maximum atomic E-state index is 11.6. The highest BCUT2D eigenvalue weighted by Gasteiger charge is 2.24. The van der Waals surface area contributed by atoms with Crippen molar-refractivity contribution in [1.29, 1.82) is 0 Å². The number of sulfonamides is 1. The third-order valence-electron chi connectivity index (χ3n) is 2.34. The molecule has 1 heterocycles. The van der Waals surface area contributed by atoms with Gasteiger partial charge < -0.3 is 10.0 Å². The molecular formula is C10H10N2O4S. The molecule has 0 fully saturated rings. The zero-order chi connectivity index (χ0) is 12.5. The molecule has 0 amide bonds. The number of carbonyl (C=O) groups is 1. The van der Waals surface area contributed by atoms with Crippen LogP contribution in [0.1, 0.15) is 6.42 Å². The summed E-state index contributed by atoms with van der Waals surface area (Å²) in [7, 11) is -3.63. The first-order chi connectivity index (χ1) is 8.00. The van der Waals surface area contributed by atoms with Gasteiger partial charge in [0.2, 0.25) is 0 Å². The van der Waals surface area contributed by atoms with Crippen molar-refractivity contribution in [1.82, 2.24) is 0 Å². The highest BCUT2D eigenvalue weighted by Crippen LogP contribution is 2.28. The molecule has 7 heteroatoms. The fourth-order valence-corrected chi connectivity index (χ4v) is 2.60. The lowest BCUT2D eigenvalue weighted by molar-refractivity contribution is -0.136. The fourth-order valence-electron chi connectivity index (χ4n) is 1.54. The summed E-state index contributed by atoms with van der Waals surface area (Å²) in [5.74, 6) is -0.940. The summed E-state index contributed by atoms with van der Waals surface area (Å²) in [6.07, 6.45) is 1.07. The summed E-state index contributed by atoms with van der Waals surface area (Å²) in [5, 5.41) is 8.61. The summed E-state index contributed by atoms with van der Waals surface area (Å²) < 4.78 is 26.7. The van der Waals surface area contributed by atoms with E-state index in [1.165, 1.54) is 11.0 Å². The molecule has 0 unspecified atom stereocenters. The number of hydrogen-bond donors (Lipinski definition) is 1. The highest BCUT2D eigenvalue weighted by molar-refractivity contribution is 7.90. The van der Waals surface area contributed by atoms with E-state index in [-0.39, 0.29) is 17.9 Å². The van der Waals surface area contributed by atoms with E-state index in [1.807, 2.05) is 0 Å². The second-order valence-corrected chi connectivity index (χ2v) is 5.10. The maximum Gasteiger partial charge on any atom is 0.305 e. The lowest BCUT2D eigenvalue weighted by atomic mass is 10.3. The minimum Gasteiger partial charge on any atom is -0.481 e. The van der Waals surface area contributed by atoms with E-state index in [0.29, 0.717) is 5.69 Å². The Bertz CT molecular complexity index is 580. The molecule has 0 aliphatic carbocycles. The van der Waals surface area contributed by atoms with E-state index in [4.69, 9.17) is 5.11 Å². The van der Waals surface area contributed by atoms with Crippen molar-refractivity contribution in [3.63, 3.8) is 0 Å². The lowest BCUT2D eigenvalue weighted by Crippen LogP contribution is -2.29. The van der Waals surface area contributed by atoms with E-state index in [0.717, 1.165) is 6.34 Å². The van der Waals surface area contributed by atoms with Crippen molar-refractivity contribution in [3.8, 4) is 0 Å². The Kier molecular flexibility index (Phi) is 2.84. The van der Waals surface area contributed by atoms with Gasteiger partial charge in [-0.3, -0.25) is 4.79 Å². The molecule has 1 aliphatic rings. The normalized spacial score (nSPS) is 16.6. The largest absolute Gasteiger partial charge is 0.481 e. The predicted octanol–water partition coefficient (Wildman–Crippen LogP) is 0.698. The third kappa shape index (κ3) is 2.28. The Labute approximate surface area is 98.3 Å². The van der Waals surface area contributed by atoms with Crippen LogP contribution in [-0.4, -0.2) is 32.4 Å². The Morgan fingerprint density at radius 3 is 2.76 bits per heavy atom. The zero-order valence-corrected chi connectivity index (χ0v) is 9.59.